The molecule has 0 aliphatic rings. The molecule has 2 heteroatoms. The Morgan fingerprint density at radius 1 is 0.500 bits per heavy atom. The van der Waals surface area contributed by atoms with Crippen LogP contribution in [0.1, 0.15) is 41.5 Å². The van der Waals surface area contributed by atoms with Crippen LogP contribution in [0.25, 0.3) is 21.5 Å². The van der Waals surface area contributed by atoms with Gasteiger partial charge in [-0.05, 0) is 44.3 Å². The van der Waals surface area contributed by atoms with E-state index in [0.717, 1.165) is 0 Å². The molecule has 0 aliphatic heterocycles. The third-order valence-electron chi connectivity index (χ3n) is 2.88. The van der Waals surface area contributed by atoms with Gasteiger partial charge in [0.15, 0.2) is 0 Å². The highest BCUT2D eigenvalue weighted by molar-refractivity contribution is 7.27. The van der Waals surface area contributed by atoms with Gasteiger partial charge in [-0.1, -0.05) is 77.9 Å². The van der Waals surface area contributed by atoms with E-state index in [-0.39, 0.29) is 0 Å². The first kappa shape index (κ1) is 21.0. The minimum absolute atomic E-state index is 1.23. The number of hydrogen-bond acceptors (Lipinski definition) is 0. The predicted octanol–water partition coefficient (Wildman–Crippen LogP) is 6.07. The van der Waals surface area contributed by atoms with Crippen LogP contribution in [0.3, 0.4) is 0 Å². The summed E-state index contributed by atoms with van der Waals surface area (Å²) in [6, 6.07) is 17.5. The summed E-state index contributed by atoms with van der Waals surface area (Å²) in [5, 5.41) is 7.72. The van der Waals surface area contributed by atoms with E-state index in [1.165, 1.54) is 32.2 Å². The first-order chi connectivity index (χ1) is 10.7. The van der Waals surface area contributed by atoms with E-state index < -0.39 is 0 Å². The average molecular weight is 332 g/mol. The number of fused-ring (bicyclic) bond motifs is 3. The van der Waals surface area contributed by atoms with Gasteiger partial charge in [-0.2, -0.15) is 0 Å². The van der Waals surface area contributed by atoms with E-state index in [4.69, 9.17) is 0 Å². The molecule has 0 nitrogen and oxygen atoms in total. The molecule has 0 saturated carbocycles. The molecule has 22 heavy (non-hydrogen) atoms. The Morgan fingerprint density at radius 2 is 0.818 bits per heavy atom. The van der Waals surface area contributed by atoms with Gasteiger partial charge in [-0.15, -0.1) is 18.5 Å². The van der Waals surface area contributed by atoms with Crippen LogP contribution >= 0.6 is 18.5 Å². The Hall–Kier alpha value is -0.960. The first-order valence-corrected chi connectivity index (χ1v) is 9.37. The summed E-state index contributed by atoms with van der Waals surface area (Å²) in [5.41, 5.74) is 0. The molecule has 0 heterocycles. The number of benzene rings is 3. The third-order valence-corrected chi connectivity index (χ3v) is 3.60. The van der Waals surface area contributed by atoms with Crippen LogP contribution in [0.2, 0.25) is 0 Å². The zero-order valence-electron chi connectivity index (χ0n) is 14.8. The second-order valence-corrected chi connectivity index (χ2v) is 5.36. The lowest BCUT2D eigenvalue weighted by Gasteiger charge is -2.05. The highest BCUT2D eigenvalue weighted by Gasteiger charge is 2.00. The maximum Gasteiger partial charge on any atom is -0.0105 e. The summed E-state index contributed by atoms with van der Waals surface area (Å²) in [5.74, 6) is 0. The molecule has 3 aromatic carbocycles. The lowest BCUT2D eigenvalue weighted by Crippen LogP contribution is -1.91. The maximum absolute atomic E-state index is 2.74. The van der Waals surface area contributed by atoms with Gasteiger partial charge in [0.05, 0.1) is 0 Å². The van der Waals surface area contributed by atoms with E-state index in [0.29, 0.717) is 0 Å². The van der Waals surface area contributed by atoms with Crippen LogP contribution in [-0.4, -0.2) is 0 Å². The van der Waals surface area contributed by atoms with Gasteiger partial charge in [0.25, 0.3) is 0 Å². The van der Waals surface area contributed by atoms with Crippen molar-refractivity contribution in [2.75, 3.05) is 0 Å². The summed E-state index contributed by atoms with van der Waals surface area (Å²) in [6.45, 7) is 12.0. The molecule has 0 N–H and O–H groups in total. The molecule has 0 radical (unpaired) electrons. The normalized spacial score (nSPS) is 8.91. The Labute approximate surface area is 141 Å². The van der Waals surface area contributed by atoms with Gasteiger partial charge in [0.2, 0.25) is 0 Å². The fourth-order valence-corrected chi connectivity index (χ4v) is 2.66. The van der Waals surface area contributed by atoms with E-state index in [2.05, 4.69) is 67.0 Å². The standard InChI is InChI=1S/C14H12P2.3C2H6/c15-11-3-5-13-9(7-11)1-2-10-8-12(16)4-6-14(10)13;3*1-2/h1-8H,15-16H2;3*1-2H3. The predicted molar refractivity (Wildman–Crippen MR) is 114 cm³/mol. The van der Waals surface area contributed by atoms with Crippen molar-refractivity contribution in [3.8, 4) is 0 Å². The summed E-state index contributed by atoms with van der Waals surface area (Å²) in [6.07, 6.45) is 0. The van der Waals surface area contributed by atoms with Gasteiger partial charge < -0.3 is 0 Å². The number of hydrogen-bond donors (Lipinski definition) is 0. The average Bonchev–Trinajstić information content (AvgIpc) is 2.59. The molecule has 0 bridgehead atoms. The molecular weight excluding hydrogens is 302 g/mol. The third kappa shape index (κ3) is 5.35. The smallest absolute Gasteiger partial charge is 0.0105 e. The van der Waals surface area contributed by atoms with E-state index >= 15 is 0 Å². The molecule has 0 amide bonds. The first-order valence-electron chi connectivity index (χ1n) is 8.21. The van der Waals surface area contributed by atoms with Gasteiger partial charge in [-0.3, -0.25) is 0 Å². The summed E-state index contributed by atoms with van der Waals surface area (Å²) >= 11 is 0. The number of rotatable bonds is 0. The largest absolute Gasteiger partial charge is 0.106 e. The molecule has 2 unspecified atom stereocenters. The van der Waals surface area contributed by atoms with Crippen molar-refractivity contribution in [2.24, 2.45) is 0 Å². The zero-order valence-corrected chi connectivity index (χ0v) is 17.1. The van der Waals surface area contributed by atoms with Crippen LogP contribution in [-0.2, 0) is 0 Å². The molecule has 0 aromatic heterocycles. The van der Waals surface area contributed by atoms with Crippen molar-refractivity contribution < 1.29 is 0 Å². The Kier molecular flexibility index (Phi) is 11.1. The minimum Gasteiger partial charge on any atom is -0.106 e. The SMILES string of the molecule is CC.CC.CC.Pc1ccc2c(ccc3cc(P)ccc32)c1. The quantitative estimate of drug-likeness (QED) is 0.346. The van der Waals surface area contributed by atoms with Crippen molar-refractivity contribution in [3.05, 3.63) is 48.5 Å². The summed E-state index contributed by atoms with van der Waals surface area (Å²) in [7, 11) is 5.49. The van der Waals surface area contributed by atoms with E-state index in [1.54, 1.807) is 0 Å². The molecule has 3 rings (SSSR count). The fraction of sp³-hybridized carbons (Fsp3) is 0.300. The van der Waals surface area contributed by atoms with E-state index in [9.17, 15) is 0 Å². The van der Waals surface area contributed by atoms with Crippen LogP contribution < -0.4 is 10.6 Å². The van der Waals surface area contributed by atoms with Gasteiger partial charge >= 0.3 is 0 Å². The lowest BCUT2D eigenvalue weighted by molar-refractivity contribution is 1.50. The van der Waals surface area contributed by atoms with Gasteiger partial charge in [0, 0.05) is 0 Å². The molecule has 3 aromatic rings. The van der Waals surface area contributed by atoms with Crippen molar-refractivity contribution in [1.82, 2.24) is 0 Å². The Bertz CT molecular complexity index is 627. The topological polar surface area (TPSA) is 0 Å². The Morgan fingerprint density at radius 3 is 1.14 bits per heavy atom. The zero-order chi connectivity index (χ0) is 17.1. The molecule has 120 valence electrons. The highest BCUT2D eigenvalue weighted by atomic mass is 31.0. The lowest BCUT2D eigenvalue weighted by atomic mass is 10.0. The molecule has 0 aliphatic carbocycles. The highest BCUT2D eigenvalue weighted by Crippen LogP contribution is 2.24. The second kappa shape index (κ2) is 11.6. The molecular formula is C20H30P2. The molecule has 0 spiro atoms. The molecule has 2 atom stereocenters. The van der Waals surface area contributed by atoms with Crippen LogP contribution in [0.5, 0.6) is 0 Å². The van der Waals surface area contributed by atoms with Crippen molar-refractivity contribution in [3.63, 3.8) is 0 Å². The van der Waals surface area contributed by atoms with Crippen LogP contribution in [0.4, 0.5) is 0 Å². The second-order valence-electron chi connectivity index (χ2n) is 4.03. The fourth-order valence-electron chi connectivity index (χ4n) is 2.11. The maximum atomic E-state index is 2.74. The Balaban J connectivity index is 0.000000661. The van der Waals surface area contributed by atoms with Crippen LogP contribution in [0, 0.1) is 0 Å². The van der Waals surface area contributed by atoms with Gasteiger partial charge in [0.1, 0.15) is 0 Å². The summed E-state index contributed by atoms with van der Waals surface area (Å²) < 4.78 is 0. The summed E-state index contributed by atoms with van der Waals surface area (Å²) in [4.78, 5) is 0. The minimum atomic E-state index is 1.23. The van der Waals surface area contributed by atoms with Gasteiger partial charge in [-0.25, -0.2) is 0 Å². The van der Waals surface area contributed by atoms with Crippen molar-refractivity contribution in [2.45, 2.75) is 41.5 Å². The van der Waals surface area contributed by atoms with Crippen LogP contribution in [0.15, 0.2) is 48.5 Å². The van der Waals surface area contributed by atoms with Crippen molar-refractivity contribution >= 4 is 50.6 Å². The molecule has 0 saturated heterocycles. The monoisotopic (exact) mass is 332 g/mol. The van der Waals surface area contributed by atoms with E-state index in [1.807, 2.05) is 41.5 Å². The van der Waals surface area contributed by atoms with Crippen molar-refractivity contribution in [1.29, 1.82) is 0 Å². The molecule has 0 fully saturated rings.